The van der Waals surface area contributed by atoms with Gasteiger partial charge in [0.1, 0.15) is 5.82 Å². The minimum Gasteiger partial charge on any atom is -0.316 e. The third kappa shape index (κ3) is 1.80. The van der Waals surface area contributed by atoms with Crippen molar-refractivity contribution in [2.24, 2.45) is 0 Å². The van der Waals surface area contributed by atoms with Crippen LogP contribution in [0.4, 0.5) is 4.39 Å². The van der Waals surface area contributed by atoms with Gasteiger partial charge < -0.3 is 5.32 Å². The first-order chi connectivity index (χ1) is 6.77. The molecule has 2 rings (SSSR count). The zero-order valence-corrected chi connectivity index (χ0v) is 8.52. The summed E-state index contributed by atoms with van der Waals surface area (Å²) in [5, 5.41) is 3.37. The van der Waals surface area contributed by atoms with Crippen LogP contribution in [0, 0.1) is 5.82 Å². The fourth-order valence-electron chi connectivity index (χ4n) is 1.89. The second-order valence-corrected chi connectivity index (χ2v) is 4.07. The topological polar surface area (TPSA) is 12.0 Å². The van der Waals surface area contributed by atoms with E-state index in [0.29, 0.717) is 5.41 Å². The van der Waals surface area contributed by atoms with Crippen LogP contribution in [0.1, 0.15) is 25.3 Å². The monoisotopic (exact) mass is 193 g/mol. The lowest BCUT2D eigenvalue weighted by molar-refractivity contribution is 0.586. The predicted molar refractivity (Wildman–Crippen MR) is 55.9 cm³/mol. The number of nitrogens with one attached hydrogen (secondary N) is 1. The van der Waals surface area contributed by atoms with Crippen molar-refractivity contribution in [3.8, 4) is 0 Å². The molecular formula is C12H16FN. The van der Waals surface area contributed by atoms with Crippen molar-refractivity contribution in [1.82, 2.24) is 5.32 Å². The summed E-state index contributed by atoms with van der Waals surface area (Å²) < 4.78 is 12.7. The van der Waals surface area contributed by atoms with E-state index in [-0.39, 0.29) is 5.82 Å². The highest BCUT2D eigenvalue weighted by molar-refractivity contribution is 5.32. The average molecular weight is 193 g/mol. The first-order valence-corrected chi connectivity index (χ1v) is 5.24. The second kappa shape index (κ2) is 3.70. The summed E-state index contributed by atoms with van der Waals surface area (Å²) in [5.41, 5.74) is 1.59. The Balaban J connectivity index is 2.10. The molecule has 2 heteroatoms. The molecule has 0 amide bonds. The third-order valence-electron chi connectivity index (χ3n) is 3.02. The summed E-state index contributed by atoms with van der Waals surface area (Å²) in [5.74, 6) is -0.145. The van der Waals surface area contributed by atoms with E-state index in [0.717, 1.165) is 13.1 Å². The summed E-state index contributed by atoms with van der Waals surface area (Å²) in [6, 6.07) is 6.95. The molecule has 1 N–H and O–H groups in total. The van der Waals surface area contributed by atoms with Crippen LogP contribution in [-0.2, 0) is 5.41 Å². The molecule has 0 radical (unpaired) electrons. The molecule has 1 aromatic carbocycles. The maximum atomic E-state index is 12.7. The molecule has 1 nitrogen and oxygen atoms in total. The summed E-state index contributed by atoms with van der Waals surface area (Å²) >= 11 is 0. The predicted octanol–water partition coefficient (Wildman–Crippen LogP) is 2.47. The van der Waals surface area contributed by atoms with Gasteiger partial charge in [0.15, 0.2) is 0 Å². The minimum absolute atomic E-state index is 0.145. The Morgan fingerprint density at radius 3 is 2.43 bits per heavy atom. The highest BCUT2D eigenvalue weighted by Gasteiger charge is 2.43. The van der Waals surface area contributed by atoms with Crippen molar-refractivity contribution in [3.05, 3.63) is 35.6 Å². The molecule has 0 unspecified atom stereocenters. The number of rotatable bonds is 4. The van der Waals surface area contributed by atoms with Crippen LogP contribution in [0.15, 0.2) is 24.3 Å². The summed E-state index contributed by atoms with van der Waals surface area (Å²) in [6.07, 6.45) is 2.46. The van der Waals surface area contributed by atoms with Crippen molar-refractivity contribution in [1.29, 1.82) is 0 Å². The number of hydrogen-bond donors (Lipinski definition) is 1. The Hall–Kier alpha value is -0.890. The molecule has 0 bridgehead atoms. The van der Waals surface area contributed by atoms with Gasteiger partial charge >= 0.3 is 0 Å². The molecule has 0 spiro atoms. The van der Waals surface area contributed by atoms with Gasteiger partial charge in [-0.2, -0.15) is 0 Å². The van der Waals surface area contributed by atoms with Gasteiger partial charge in [0.25, 0.3) is 0 Å². The molecule has 1 saturated carbocycles. The van der Waals surface area contributed by atoms with Crippen LogP contribution in [-0.4, -0.2) is 13.1 Å². The molecule has 76 valence electrons. The van der Waals surface area contributed by atoms with E-state index in [9.17, 15) is 4.39 Å². The Labute approximate surface area is 84.3 Å². The lowest BCUT2D eigenvalue weighted by Gasteiger charge is -2.15. The van der Waals surface area contributed by atoms with Crippen molar-refractivity contribution in [2.45, 2.75) is 25.2 Å². The van der Waals surface area contributed by atoms with Crippen LogP contribution in [0.25, 0.3) is 0 Å². The largest absolute Gasteiger partial charge is 0.316 e. The smallest absolute Gasteiger partial charge is 0.123 e. The van der Waals surface area contributed by atoms with E-state index in [1.165, 1.54) is 18.4 Å². The van der Waals surface area contributed by atoms with Gasteiger partial charge in [-0.1, -0.05) is 19.1 Å². The van der Waals surface area contributed by atoms with Crippen LogP contribution in [0.3, 0.4) is 0 Å². The third-order valence-corrected chi connectivity index (χ3v) is 3.02. The SMILES string of the molecule is CCNCC1(c2ccc(F)cc2)CC1. The first kappa shape index (κ1) is 9.66. The van der Waals surface area contributed by atoms with Crippen molar-refractivity contribution in [3.63, 3.8) is 0 Å². The number of benzene rings is 1. The van der Waals surface area contributed by atoms with Gasteiger partial charge in [-0.05, 0) is 37.1 Å². The molecule has 0 atom stereocenters. The Bertz CT molecular complexity index is 301. The molecule has 14 heavy (non-hydrogen) atoms. The van der Waals surface area contributed by atoms with E-state index >= 15 is 0 Å². The van der Waals surface area contributed by atoms with Crippen LogP contribution >= 0.6 is 0 Å². The zero-order chi connectivity index (χ0) is 10.0. The maximum absolute atomic E-state index is 12.7. The number of hydrogen-bond acceptors (Lipinski definition) is 1. The van der Waals surface area contributed by atoms with Crippen LogP contribution in [0.2, 0.25) is 0 Å². The molecule has 1 fully saturated rings. The van der Waals surface area contributed by atoms with E-state index in [2.05, 4.69) is 12.2 Å². The number of halogens is 1. The van der Waals surface area contributed by atoms with Gasteiger partial charge in [0.2, 0.25) is 0 Å². The Morgan fingerprint density at radius 1 is 1.29 bits per heavy atom. The molecule has 0 aromatic heterocycles. The zero-order valence-electron chi connectivity index (χ0n) is 8.52. The first-order valence-electron chi connectivity index (χ1n) is 5.24. The Kier molecular flexibility index (Phi) is 2.55. The van der Waals surface area contributed by atoms with Gasteiger partial charge in [-0.25, -0.2) is 4.39 Å². The van der Waals surface area contributed by atoms with Crippen LogP contribution in [0.5, 0.6) is 0 Å². The summed E-state index contributed by atoms with van der Waals surface area (Å²) in [7, 11) is 0. The van der Waals surface area contributed by atoms with E-state index in [1.807, 2.05) is 12.1 Å². The highest BCUT2D eigenvalue weighted by Crippen LogP contribution is 2.47. The fourth-order valence-corrected chi connectivity index (χ4v) is 1.89. The van der Waals surface area contributed by atoms with Gasteiger partial charge in [0.05, 0.1) is 0 Å². The fraction of sp³-hybridized carbons (Fsp3) is 0.500. The van der Waals surface area contributed by atoms with Crippen molar-refractivity contribution in [2.75, 3.05) is 13.1 Å². The average Bonchev–Trinajstić information content (AvgIpc) is 2.97. The summed E-state index contributed by atoms with van der Waals surface area (Å²) in [6.45, 7) is 4.14. The minimum atomic E-state index is -0.145. The molecule has 0 saturated heterocycles. The molecule has 0 heterocycles. The van der Waals surface area contributed by atoms with Crippen molar-refractivity contribution >= 4 is 0 Å². The normalized spacial score (nSPS) is 18.1. The molecule has 1 aliphatic carbocycles. The molecule has 1 aliphatic rings. The van der Waals surface area contributed by atoms with E-state index in [4.69, 9.17) is 0 Å². The molecule has 1 aromatic rings. The Morgan fingerprint density at radius 2 is 1.93 bits per heavy atom. The second-order valence-electron chi connectivity index (χ2n) is 4.07. The van der Waals surface area contributed by atoms with E-state index < -0.39 is 0 Å². The molecular weight excluding hydrogens is 177 g/mol. The van der Waals surface area contributed by atoms with Crippen LogP contribution < -0.4 is 5.32 Å². The van der Waals surface area contributed by atoms with Gasteiger partial charge in [0, 0.05) is 12.0 Å². The quantitative estimate of drug-likeness (QED) is 0.774. The molecule has 0 aliphatic heterocycles. The van der Waals surface area contributed by atoms with Gasteiger partial charge in [-0.15, -0.1) is 0 Å². The van der Waals surface area contributed by atoms with E-state index in [1.54, 1.807) is 12.1 Å². The standard InChI is InChI=1S/C12H16FN/c1-2-14-9-12(7-8-12)10-3-5-11(13)6-4-10/h3-6,14H,2,7-9H2,1H3. The number of likely N-dealkylation sites (N-methyl/N-ethyl adjacent to an activating group) is 1. The lowest BCUT2D eigenvalue weighted by Crippen LogP contribution is -2.26. The maximum Gasteiger partial charge on any atom is 0.123 e. The van der Waals surface area contributed by atoms with Gasteiger partial charge in [-0.3, -0.25) is 0 Å². The highest BCUT2D eigenvalue weighted by atomic mass is 19.1. The van der Waals surface area contributed by atoms with Crippen molar-refractivity contribution < 1.29 is 4.39 Å². The lowest BCUT2D eigenvalue weighted by atomic mass is 9.96. The summed E-state index contributed by atoms with van der Waals surface area (Å²) in [4.78, 5) is 0.